The van der Waals surface area contributed by atoms with E-state index in [0.717, 1.165) is 0 Å². The molecule has 0 aromatic heterocycles. The number of thioether (sulfide) groups is 1. The summed E-state index contributed by atoms with van der Waals surface area (Å²) in [5.74, 6) is -0.557. The molecule has 134 valence electrons. The zero-order valence-electron chi connectivity index (χ0n) is 13.5. The van der Waals surface area contributed by atoms with Crippen LogP contribution >= 0.6 is 39.3 Å². The second kappa shape index (κ2) is 7.82. The number of likely N-dealkylation sites (N-methyl/N-ethyl adjacent to an activating group) is 1. The average molecular weight is 456 g/mol. The Balaban J connectivity index is 1.95. The molecule has 0 atom stereocenters. The largest absolute Gasteiger partial charge is 0.505 e. The summed E-state index contributed by atoms with van der Waals surface area (Å²) in [7, 11) is 0. The minimum Gasteiger partial charge on any atom is -0.505 e. The predicted molar refractivity (Wildman–Crippen MR) is 107 cm³/mol. The van der Waals surface area contributed by atoms with Crippen molar-refractivity contribution in [2.24, 2.45) is 4.99 Å². The first-order valence-corrected chi connectivity index (χ1v) is 9.61. The van der Waals surface area contributed by atoms with Crippen LogP contribution in [0.4, 0.5) is 10.1 Å². The fourth-order valence-electron chi connectivity index (χ4n) is 2.32. The van der Waals surface area contributed by atoms with Crippen LogP contribution in [0.3, 0.4) is 0 Å². The molecule has 0 saturated carbocycles. The van der Waals surface area contributed by atoms with Crippen molar-refractivity contribution < 1.29 is 14.3 Å². The van der Waals surface area contributed by atoms with Crippen LogP contribution in [-0.2, 0) is 4.79 Å². The molecular formula is C18H13BrClFN2O2S. The summed E-state index contributed by atoms with van der Waals surface area (Å²) in [6, 6.07) is 9.01. The molecule has 4 nitrogen and oxygen atoms in total. The Bertz CT molecular complexity index is 908. The van der Waals surface area contributed by atoms with E-state index in [9.17, 15) is 14.3 Å². The van der Waals surface area contributed by atoms with Crippen molar-refractivity contribution in [3.63, 3.8) is 0 Å². The number of rotatable bonds is 3. The molecule has 1 saturated heterocycles. The number of aliphatic imine (C=N–C) groups is 1. The zero-order valence-corrected chi connectivity index (χ0v) is 16.7. The van der Waals surface area contributed by atoms with Crippen molar-refractivity contribution >= 4 is 62.1 Å². The number of amides is 1. The molecule has 1 heterocycles. The van der Waals surface area contributed by atoms with E-state index in [1.165, 1.54) is 23.9 Å². The van der Waals surface area contributed by atoms with Crippen molar-refractivity contribution in [3.05, 3.63) is 62.2 Å². The Hall–Kier alpha value is -1.83. The molecule has 1 fully saturated rings. The molecule has 1 aliphatic rings. The molecule has 3 rings (SSSR count). The number of amidine groups is 1. The lowest BCUT2D eigenvalue weighted by Crippen LogP contribution is -2.28. The Morgan fingerprint density at radius 1 is 1.35 bits per heavy atom. The molecule has 0 spiro atoms. The lowest BCUT2D eigenvalue weighted by Gasteiger charge is -2.11. The summed E-state index contributed by atoms with van der Waals surface area (Å²) in [6.07, 6.45) is 1.69. The number of hydrogen-bond acceptors (Lipinski definition) is 4. The van der Waals surface area contributed by atoms with E-state index in [0.29, 0.717) is 32.3 Å². The van der Waals surface area contributed by atoms with Gasteiger partial charge in [0.2, 0.25) is 0 Å². The number of nitrogens with zero attached hydrogens (tertiary/aromatic N) is 2. The molecule has 8 heteroatoms. The van der Waals surface area contributed by atoms with Crippen LogP contribution in [0.5, 0.6) is 5.75 Å². The number of phenols is 1. The Labute approximate surface area is 167 Å². The van der Waals surface area contributed by atoms with Gasteiger partial charge in [-0.05, 0) is 82.7 Å². The van der Waals surface area contributed by atoms with E-state index < -0.39 is 0 Å². The number of phenolic OH excluding ortho intramolecular Hbond substituents is 1. The monoisotopic (exact) mass is 454 g/mol. The maximum Gasteiger partial charge on any atom is 0.266 e. The maximum absolute atomic E-state index is 13.0. The Morgan fingerprint density at radius 2 is 2.04 bits per heavy atom. The summed E-state index contributed by atoms with van der Waals surface area (Å²) in [5.41, 5.74) is 1.24. The fourth-order valence-corrected chi connectivity index (χ4v) is 4.20. The molecular weight excluding hydrogens is 443 g/mol. The second-order valence-electron chi connectivity index (χ2n) is 5.36. The molecule has 2 aromatic rings. The average Bonchev–Trinajstić information content (AvgIpc) is 2.89. The van der Waals surface area contributed by atoms with Gasteiger partial charge in [0, 0.05) is 6.54 Å². The summed E-state index contributed by atoms with van der Waals surface area (Å²) < 4.78 is 13.5. The molecule has 1 amide bonds. The number of carbonyl (C=O) groups is 1. The first-order valence-electron chi connectivity index (χ1n) is 7.62. The van der Waals surface area contributed by atoms with E-state index in [2.05, 4.69) is 20.9 Å². The molecule has 0 bridgehead atoms. The van der Waals surface area contributed by atoms with Gasteiger partial charge in [-0.1, -0.05) is 11.6 Å². The Morgan fingerprint density at radius 3 is 2.65 bits per heavy atom. The van der Waals surface area contributed by atoms with E-state index in [1.54, 1.807) is 35.2 Å². The van der Waals surface area contributed by atoms with Crippen molar-refractivity contribution in [1.82, 2.24) is 4.90 Å². The van der Waals surface area contributed by atoms with Crippen molar-refractivity contribution in [1.29, 1.82) is 0 Å². The SMILES string of the molecule is CCN1C(=O)/C(=C\c2cc(Cl)c(O)c(Br)c2)SC1=Nc1ccc(F)cc1. The summed E-state index contributed by atoms with van der Waals surface area (Å²) >= 11 is 10.4. The quantitative estimate of drug-likeness (QED) is 0.616. The number of halogens is 3. The smallest absolute Gasteiger partial charge is 0.266 e. The molecule has 1 aliphatic heterocycles. The summed E-state index contributed by atoms with van der Waals surface area (Å²) in [4.78, 5) is 19.1. The third-order valence-corrected chi connectivity index (χ3v) is 5.49. The van der Waals surface area contributed by atoms with Gasteiger partial charge in [-0.25, -0.2) is 9.38 Å². The van der Waals surface area contributed by atoms with Gasteiger partial charge in [0.05, 0.1) is 20.1 Å². The highest BCUT2D eigenvalue weighted by atomic mass is 79.9. The van der Waals surface area contributed by atoms with Gasteiger partial charge >= 0.3 is 0 Å². The van der Waals surface area contributed by atoms with Crippen molar-refractivity contribution in [2.75, 3.05) is 6.54 Å². The van der Waals surface area contributed by atoms with E-state index in [4.69, 9.17) is 11.6 Å². The van der Waals surface area contributed by atoms with Crippen LogP contribution in [0.25, 0.3) is 6.08 Å². The van der Waals surface area contributed by atoms with Crippen LogP contribution in [0.1, 0.15) is 12.5 Å². The molecule has 0 aliphatic carbocycles. The van der Waals surface area contributed by atoms with Crippen molar-refractivity contribution in [2.45, 2.75) is 6.92 Å². The molecule has 0 radical (unpaired) electrons. The van der Waals surface area contributed by atoms with Crippen molar-refractivity contribution in [3.8, 4) is 5.75 Å². The third-order valence-electron chi connectivity index (χ3n) is 3.59. The van der Waals surface area contributed by atoms with Crippen LogP contribution < -0.4 is 0 Å². The second-order valence-corrected chi connectivity index (χ2v) is 7.63. The number of aromatic hydroxyl groups is 1. The van der Waals surface area contributed by atoms with Gasteiger partial charge in [0.15, 0.2) is 5.17 Å². The van der Waals surface area contributed by atoms with Crippen LogP contribution in [0.15, 0.2) is 50.8 Å². The number of benzene rings is 2. The first-order chi connectivity index (χ1) is 12.4. The lowest BCUT2D eigenvalue weighted by molar-refractivity contribution is -0.122. The normalized spacial score (nSPS) is 17.5. The molecule has 26 heavy (non-hydrogen) atoms. The Kier molecular flexibility index (Phi) is 5.70. The van der Waals surface area contributed by atoms with E-state index in [-0.39, 0.29) is 22.5 Å². The molecule has 0 unspecified atom stereocenters. The van der Waals surface area contributed by atoms with Crippen LogP contribution in [-0.4, -0.2) is 27.6 Å². The van der Waals surface area contributed by atoms with Gasteiger partial charge in [-0.3, -0.25) is 9.69 Å². The number of hydrogen-bond donors (Lipinski definition) is 1. The lowest BCUT2D eigenvalue weighted by atomic mass is 10.2. The molecule has 1 N–H and O–H groups in total. The van der Waals surface area contributed by atoms with Crippen LogP contribution in [0, 0.1) is 5.82 Å². The van der Waals surface area contributed by atoms with Gasteiger partial charge in [-0.15, -0.1) is 0 Å². The molecule has 2 aromatic carbocycles. The summed E-state index contributed by atoms with van der Waals surface area (Å²) in [6.45, 7) is 2.32. The fraction of sp³-hybridized carbons (Fsp3) is 0.111. The highest BCUT2D eigenvalue weighted by molar-refractivity contribution is 9.10. The highest BCUT2D eigenvalue weighted by Crippen LogP contribution is 2.37. The minimum atomic E-state index is -0.341. The summed E-state index contributed by atoms with van der Waals surface area (Å²) in [5, 5.41) is 10.4. The minimum absolute atomic E-state index is 0.0482. The maximum atomic E-state index is 13.0. The number of carbonyl (C=O) groups excluding carboxylic acids is 1. The standard InChI is InChI=1S/C18H13BrClFN2O2S/c1-2-23-17(25)15(9-10-7-13(19)16(24)14(20)8-10)26-18(23)22-12-5-3-11(21)4-6-12/h3-9,24H,2H2,1H3/b15-9+,22-18?. The third kappa shape index (κ3) is 3.95. The highest BCUT2D eigenvalue weighted by Gasteiger charge is 2.32. The van der Waals surface area contributed by atoms with Gasteiger partial charge in [0.1, 0.15) is 11.6 Å². The predicted octanol–water partition coefficient (Wildman–Crippen LogP) is 5.57. The van der Waals surface area contributed by atoms with Crippen LogP contribution in [0.2, 0.25) is 5.02 Å². The zero-order chi connectivity index (χ0) is 18.8. The van der Waals surface area contributed by atoms with Gasteiger partial charge in [-0.2, -0.15) is 0 Å². The van der Waals surface area contributed by atoms with E-state index >= 15 is 0 Å². The first kappa shape index (κ1) is 18.9. The van der Waals surface area contributed by atoms with Gasteiger partial charge in [0.25, 0.3) is 5.91 Å². The van der Waals surface area contributed by atoms with Gasteiger partial charge < -0.3 is 5.11 Å². The topological polar surface area (TPSA) is 52.9 Å². The van der Waals surface area contributed by atoms with E-state index in [1.807, 2.05) is 6.92 Å².